The van der Waals surface area contributed by atoms with E-state index in [0.29, 0.717) is 12.4 Å². The van der Waals surface area contributed by atoms with Crippen LogP contribution in [0.25, 0.3) is 0 Å². The quantitative estimate of drug-likeness (QED) is 0.765. The minimum Gasteiger partial charge on any atom is -0.338 e. The largest absolute Gasteiger partial charge is 0.338 e. The Morgan fingerprint density at radius 3 is 3.00 bits per heavy atom. The van der Waals surface area contributed by atoms with Crippen LogP contribution in [0.3, 0.4) is 0 Å². The topological polar surface area (TPSA) is 59.0 Å². The molecule has 0 unspecified atom stereocenters. The molecule has 2 N–H and O–H groups in total. The highest BCUT2D eigenvalue weighted by atomic mass is 16.2. The Balaban J connectivity index is 2.46. The van der Waals surface area contributed by atoms with Crippen molar-refractivity contribution in [1.29, 1.82) is 0 Å². The molecule has 1 heterocycles. The molecule has 0 aromatic carbocycles. The van der Waals surface area contributed by atoms with Crippen molar-refractivity contribution >= 4 is 11.8 Å². The highest BCUT2D eigenvalue weighted by molar-refractivity contribution is 5.87. The van der Waals surface area contributed by atoms with E-state index in [2.05, 4.69) is 22.7 Å². The smallest absolute Gasteiger partial charge is 0.320 e. The van der Waals surface area contributed by atoms with Gasteiger partial charge in [0.15, 0.2) is 5.82 Å². The average Bonchev–Trinajstić information content (AvgIpc) is 2.53. The standard InChI is InChI=1S/C9H16N4O/c1-3-6-13-7-5-8(12-13)11-9(14)10-4-2/h5,7H,3-4,6H2,1-2H3,(H2,10,11,12,14). The van der Waals surface area contributed by atoms with Crippen LogP contribution in [0.5, 0.6) is 0 Å². The highest BCUT2D eigenvalue weighted by Gasteiger charge is 2.02. The first-order valence-corrected chi connectivity index (χ1v) is 4.84. The summed E-state index contributed by atoms with van der Waals surface area (Å²) in [5, 5.41) is 9.44. The monoisotopic (exact) mass is 196 g/mol. The van der Waals surface area contributed by atoms with Crippen LogP contribution < -0.4 is 10.6 Å². The van der Waals surface area contributed by atoms with Crippen molar-refractivity contribution in [1.82, 2.24) is 15.1 Å². The van der Waals surface area contributed by atoms with Crippen molar-refractivity contribution in [2.75, 3.05) is 11.9 Å². The van der Waals surface area contributed by atoms with Crippen LogP contribution in [0, 0.1) is 0 Å². The minimum absolute atomic E-state index is 0.214. The summed E-state index contributed by atoms with van der Waals surface area (Å²) in [6.07, 6.45) is 2.88. The molecule has 14 heavy (non-hydrogen) atoms. The van der Waals surface area contributed by atoms with Gasteiger partial charge in [-0.1, -0.05) is 6.92 Å². The Labute approximate surface area is 83.5 Å². The Bertz CT molecular complexity index is 295. The molecule has 0 aliphatic heterocycles. The molecule has 2 amide bonds. The van der Waals surface area contributed by atoms with Gasteiger partial charge < -0.3 is 5.32 Å². The number of nitrogens with one attached hydrogen (secondary N) is 2. The second kappa shape index (κ2) is 5.26. The molecule has 0 fully saturated rings. The van der Waals surface area contributed by atoms with Gasteiger partial charge in [0.25, 0.3) is 0 Å². The summed E-state index contributed by atoms with van der Waals surface area (Å²) >= 11 is 0. The van der Waals surface area contributed by atoms with E-state index >= 15 is 0 Å². The average molecular weight is 196 g/mol. The van der Waals surface area contributed by atoms with Crippen LogP contribution in [0.2, 0.25) is 0 Å². The molecule has 5 nitrogen and oxygen atoms in total. The summed E-state index contributed by atoms with van der Waals surface area (Å²) in [5.74, 6) is 0.587. The van der Waals surface area contributed by atoms with Gasteiger partial charge in [-0.3, -0.25) is 10.00 Å². The summed E-state index contributed by atoms with van der Waals surface area (Å²) in [4.78, 5) is 11.1. The molecule has 1 rings (SSSR count). The van der Waals surface area contributed by atoms with Gasteiger partial charge in [0.05, 0.1) is 0 Å². The molecular weight excluding hydrogens is 180 g/mol. The van der Waals surface area contributed by atoms with E-state index in [1.165, 1.54) is 0 Å². The van der Waals surface area contributed by atoms with E-state index in [-0.39, 0.29) is 6.03 Å². The summed E-state index contributed by atoms with van der Waals surface area (Å²) < 4.78 is 1.81. The first-order valence-electron chi connectivity index (χ1n) is 4.84. The minimum atomic E-state index is -0.214. The van der Waals surface area contributed by atoms with Crippen molar-refractivity contribution < 1.29 is 4.79 Å². The van der Waals surface area contributed by atoms with Crippen LogP contribution in [0.4, 0.5) is 10.6 Å². The van der Waals surface area contributed by atoms with Gasteiger partial charge in [-0.2, -0.15) is 5.10 Å². The molecular formula is C9H16N4O. The molecule has 0 bridgehead atoms. The number of amides is 2. The third-order valence-corrected chi connectivity index (χ3v) is 1.67. The van der Waals surface area contributed by atoms with Crippen LogP contribution in [-0.4, -0.2) is 22.4 Å². The van der Waals surface area contributed by atoms with E-state index in [1.54, 1.807) is 6.07 Å². The van der Waals surface area contributed by atoms with Crippen LogP contribution in [-0.2, 0) is 6.54 Å². The summed E-state index contributed by atoms with van der Waals surface area (Å²) in [7, 11) is 0. The van der Waals surface area contributed by atoms with Crippen LogP contribution >= 0.6 is 0 Å². The van der Waals surface area contributed by atoms with Gasteiger partial charge in [0.1, 0.15) is 0 Å². The number of carbonyl (C=O) groups excluding carboxylic acids is 1. The molecule has 0 aliphatic carbocycles. The fourth-order valence-electron chi connectivity index (χ4n) is 1.10. The van der Waals surface area contributed by atoms with E-state index in [0.717, 1.165) is 13.0 Å². The lowest BCUT2D eigenvalue weighted by atomic mass is 10.5. The SMILES string of the molecule is CCCn1ccc(NC(=O)NCC)n1. The Hall–Kier alpha value is -1.52. The first kappa shape index (κ1) is 10.6. The third-order valence-electron chi connectivity index (χ3n) is 1.67. The summed E-state index contributed by atoms with van der Waals surface area (Å²) in [6, 6.07) is 1.57. The zero-order valence-electron chi connectivity index (χ0n) is 8.58. The molecule has 5 heteroatoms. The maximum absolute atomic E-state index is 11.1. The molecule has 1 aromatic rings. The molecule has 0 spiro atoms. The Kier molecular flexibility index (Phi) is 3.97. The number of hydrogen-bond acceptors (Lipinski definition) is 2. The molecule has 0 atom stereocenters. The maximum atomic E-state index is 11.1. The zero-order valence-corrected chi connectivity index (χ0v) is 8.58. The number of nitrogens with zero attached hydrogens (tertiary/aromatic N) is 2. The van der Waals surface area contributed by atoms with Gasteiger partial charge in [0.2, 0.25) is 0 Å². The highest BCUT2D eigenvalue weighted by Crippen LogP contribution is 2.02. The summed E-state index contributed by atoms with van der Waals surface area (Å²) in [5.41, 5.74) is 0. The summed E-state index contributed by atoms with van der Waals surface area (Å²) in [6.45, 7) is 5.44. The van der Waals surface area contributed by atoms with Crippen molar-refractivity contribution in [3.63, 3.8) is 0 Å². The fourth-order valence-corrected chi connectivity index (χ4v) is 1.10. The van der Waals surface area contributed by atoms with E-state index in [9.17, 15) is 4.79 Å². The lowest BCUT2D eigenvalue weighted by Crippen LogP contribution is -2.28. The van der Waals surface area contributed by atoms with Crippen molar-refractivity contribution in [3.8, 4) is 0 Å². The Morgan fingerprint density at radius 1 is 1.57 bits per heavy atom. The molecule has 0 aliphatic rings. The Morgan fingerprint density at radius 2 is 2.36 bits per heavy atom. The van der Waals surface area contributed by atoms with E-state index < -0.39 is 0 Å². The third kappa shape index (κ3) is 3.08. The van der Waals surface area contributed by atoms with Gasteiger partial charge in [0, 0.05) is 25.4 Å². The van der Waals surface area contributed by atoms with E-state index in [4.69, 9.17) is 0 Å². The number of anilines is 1. The zero-order chi connectivity index (χ0) is 10.4. The number of aromatic nitrogens is 2. The number of carbonyl (C=O) groups is 1. The molecule has 0 saturated heterocycles. The number of aryl methyl sites for hydroxylation is 1. The van der Waals surface area contributed by atoms with Crippen LogP contribution in [0.1, 0.15) is 20.3 Å². The van der Waals surface area contributed by atoms with Gasteiger partial charge in [-0.25, -0.2) is 4.79 Å². The fraction of sp³-hybridized carbons (Fsp3) is 0.556. The van der Waals surface area contributed by atoms with Gasteiger partial charge in [-0.05, 0) is 13.3 Å². The van der Waals surface area contributed by atoms with Gasteiger partial charge in [-0.15, -0.1) is 0 Å². The number of urea groups is 1. The van der Waals surface area contributed by atoms with Crippen molar-refractivity contribution in [3.05, 3.63) is 12.3 Å². The van der Waals surface area contributed by atoms with Crippen molar-refractivity contribution in [2.45, 2.75) is 26.8 Å². The van der Waals surface area contributed by atoms with Crippen molar-refractivity contribution in [2.24, 2.45) is 0 Å². The number of hydrogen-bond donors (Lipinski definition) is 2. The number of rotatable bonds is 4. The predicted molar refractivity (Wildman–Crippen MR) is 55.2 cm³/mol. The molecule has 78 valence electrons. The molecule has 1 aromatic heterocycles. The maximum Gasteiger partial charge on any atom is 0.320 e. The predicted octanol–water partition coefficient (Wildman–Crippen LogP) is 1.43. The van der Waals surface area contributed by atoms with E-state index in [1.807, 2.05) is 17.8 Å². The van der Waals surface area contributed by atoms with Gasteiger partial charge >= 0.3 is 6.03 Å². The lowest BCUT2D eigenvalue weighted by molar-refractivity contribution is 0.252. The lowest BCUT2D eigenvalue weighted by Gasteiger charge is -2.01. The normalized spacial score (nSPS) is 9.86. The molecule has 0 saturated carbocycles. The molecule has 0 radical (unpaired) electrons. The first-order chi connectivity index (χ1) is 6.76. The second-order valence-corrected chi connectivity index (χ2v) is 2.95. The second-order valence-electron chi connectivity index (χ2n) is 2.95. The van der Waals surface area contributed by atoms with Crippen LogP contribution in [0.15, 0.2) is 12.3 Å².